The molecule has 2 unspecified atom stereocenters. The average molecular weight is 481 g/mol. The lowest BCUT2D eigenvalue weighted by atomic mass is 10.0. The molecule has 2 N–H and O–H groups in total. The highest BCUT2D eigenvalue weighted by Gasteiger charge is 2.28. The summed E-state index contributed by atoms with van der Waals surface area (Å²) in [5.41, 5.74) is 2.34. The monoisotopic (exact) mass is 480 g/mol. The maximum atomic E-state index is 13.2. The molecule has 8 heteroatoms. The van der Waals surface area contributed by atoms with Gasteiger partial charge in [-0.3, -0.25) is 4.79 Å². The summed E-state index contributed by atoms with van der Waals surface area (Å²) in [6.07, 6.45) is 6.77. The third-order valence-electron chi connectivity index (χ3n) is 7.03. The largest absolute Gasteiger partial charge is 0.358 e. The first-order chi connectivity index (χ1) is 16.6. The van der Waals surface area contributed by atoms with E-state index in [1.54, 1.807) is 0 Å². The standard InChI is InChI=1S/C26H33ClN6O/c1-18-16-21(12-13-28-18)29-26(34)24-22-10-11-23(32-14-4-2-3-5-15-32)33(25(22)31-30-24)17-19-6-8-20(27)9-7-19/h6-11,18,21,28H,2-5,12-17H2,1H3,(H,29,34). The van der Waals surface area contributed by atoms with Crippen LogP contribution < -0.4 is 15.5 Å². The second-order valence-corrected chi connectivity index (χ2v) is 10.1. The minimum Gasteiger partial charge on any atom is -0.358 e. The Morgan fingerprint density at radius 3 is 2.59 bits per heavy atom. The molecule has 4 aliphatic heterocycles. The third kappa shape index (κ3) is 5.05. The number of hydrogen-bond donors (Lipinski definition) is 2. The fraction of sp³-hybridized carbons (Fsp3) is 0.500. The van der Waals surface area contributed by atoms with E-state index >= 15 is 0 Å². The van der Waals surface area contributed by atoms with Crippen molar-refractivity contribution in [3.8, 4) is 11.4 Å². The minimum absolute atomic E-state index is 0.137. The van der Waals surface area contributed by atoms with Gasteiger partial charge in [0, 0.05) is 30.2 Å². The summed E-state index contributed by atoms with van der Waals surface area (Å²) in [7, 11) is 0. The molecule has 0 spiro atoms. The summed E-state index contributed by atoms with van der Waals surface area (Å²) < 4.78 is 2.21. The number of nitrogens with zero attached hydrogens (tertiary/aromatic N) is 4. The lowest BCUT2D eigenvalue weighted by Crippen LogP contribution is -2.46. The normalized spacial score (nSPS) is 21.4. The molecule has 2 fully saturated rings. The van der Waals surface area contributed by atoms with Gasteiger partial charge in [-0.1, -0.05) is 36.6 Å². The molecule has 0 saturated carbocycles. The van der Waals surface area contributed by atoms with Crippen LogP contribution in [0.2, 0.25) is 5.02 Å². The van der Waals surface area contributed by atoms with Gasteiger partial charge in [0.1, 0.15) is 5.82 Å². The van der Waals surface area contributed by atoms with Crippen molar-refractivity contribution < 1.29 is 4.79 Å². The van der Waals surface area contributed by atoms with E-state index in [1.807, 2.05) is 30.3 Å². The van der Waals surface area contributed by atoms with Crippen molar-refractivity contribution in [3.05, 3.63) is 52.7 Å². The average Bonchev–Trinajstić information content (AvgIpc) is 3.08. The minimum atomic E-state index is -0.137. The predicted octanol–water partition coefficient (Wildman–Crippen LogP) is 4.34. The van der Waals surface area contributed by atoms with Crippen LogP contribution in [0.3, 0.4) is 0 Å². The van der Waals surface area contributed by atoms with Gasteiger partial charge in [0.15, 0.2) is 11.5 Å². The van der Waals surface area contributed by atoms with E-state index in [9.17, 15) is 4.79 Å². The maximum absolute atomic E-state index is 13.2. The summed E-state index contributed by atoms with van der Waals surface area (Å²) in [6, 6.07) is 12.6. The highest BCUT2D eigenvalue weighted by atomic mass is 35.5. The quantitative estimate of drug-likeness (QED) is 0.568. The van der Waals surface area contributed by atoms with E-state index in [2.05, 4.69) is 43.3 Å². The van der Waals surface area contributed by atoms with E-state index in [0.717, 1.165) is 60.3 Å². The molecule has 7 nitrogen and oxygen atoms in total. The van der Waals surface area contributed by atoms with Gasteiger partial charge in [0.2, 0.25) is 0 Å². The molecule has 5 rings (SSSR count). The zero-order valence-electron chi connectivity index (χ0n) is 19.8. The highest BCUT2D eigenvalue weighted by Crippen LogP contribution is 2.31. The molecule has 180 valence electrons. The van der Waals surface area contributed by atoms with Crippen molar-refractivity contribution in [1.82, 2.24) is 25.4 Å². The first kappa shape index (κ1) is 23.1. The van der Waals surface area contributed by atoms with Crippen molar-refractivity contribution in [1.29, 1.82) is 0 Å². The van der Waals surface area contributed by atoms with Crippen molar-refractivity contribution in [2.45, 2.75) is 64.1 Å². The third-order valence-corrected chi connectivity index (χ3v) is 7.28. The van der Waals surface area contributed by atoms with E-state index in [1.165, 1.54) is 25.7 Å². The lowest BCUT2D eigenvalue weighted by molar-refractivity contribution is 0.0921. The molecule has 0 radical (unpaired) electrons. The molecular formula is C26H33ClN6O. The Labute approximate surface area is 206 Å². The van der Waals surface area contributed by atoms with Crippen LogP contribution in [-0.4, -0.2) is 52.4 Å². The van der Waals surface area contributed by atoms with Crippen LogP contribution >= 0.6 is 11.6 Å². The number of halogens is 1. The molecule has 1 aromatic rings. The summed E-state index contributed by atoms with van der Waals surface area (Å²) in [5, 5.41) is 16.2. The van der Waals surface area contributed by atoms with Crippen LogP contribution in [-0.2, 0) is 6.54 Å². The fourth-order valence-electron chi connectivity index (χ4n) is 5.21. The number of hydrogen-bond acceptors (Lipinski definition) is 5. The molecule has 0 aromatic heterocycles. The zero-order chi connectivity index (χ0) is 23.5. The number of pyridine rings is 1. The molecule has 1 amide bonds. The Morgan fingerprint density at radius 1 is 1.09 bits per heavy atom. The van der Waals surface area contributed by atoms with E-state index in [4.69, 9.17) is 11.6 Å². The summed E-state index contributed by atoms with van der Waals surface area (Å²) in [6.45, 7) is 5.77. The van der Waals surface area contributed by atoms with E-state index < -0.39 is 0 Å². The molecule has 0 bridgehead atoms. The smallest absolute Gasteiger partial charge is 0.272 e. The van der Waals surface area contributed by atoms with Gasteiger partial charge in [-0.25, -0.2) is 0 Å². The number of fused-ring (bicyclic) bond motifs is 1. The lowest BCUT2D eigenvalue weighted by Gasteiger charge is -2.29. The Morgan fingerprint density at radius 2 is 1.85 bits per heavy atom. The number of carbonyl (C=O) groups excluding carboxylic acids is 1. The van der Waals surface area contributed by atoms with E-state index in [0.29, 0.717) is 18.3 Å². The van der Waals surface area contributed by atoms with Gasteiger partial charge in [0.25, 0.3) is 5.91 Å². The number of carbonyl (C=O) groups is 1. The Hall–Kier alpha value is -2.64. The van der Waals surface area contributed by atoms with Gasteiger partial charge in [0.05, 0.1) is 12.1 Å². The molecule has 4 heterocycles. The molecule has 1 aromatic carbocycles. The second-order valence-electron chi connectivity index (χ2n) is 9.64. The van der Waals surface area contributed by atoms with Crippen molar-refractivity contribution in [2.75, 3.05) is 24.5 Å². The number of piperidine rings is 1. The first-order valence-corrected chi connectivity index (χ1v) is 12.9. The summed E-state index contributed by atoms with van der Waals surface area (Å²) >= 11 is 6.12. The number of rotatable bonds is 5. The number of aromatic nitrogens is 3. The Balaban J connectivity index is 1.47. The van der Waals surface area contributed by atoms with Crippen LogP contribution in [0.5, 0.6) is 0 Å². The van der Waals surface area contributed by atoms with Crippen LogP contribution in [0.1, 0.15) is 61.5 Å². The van der Waals surface area contributed by atoms with Crippen molar-refractivity contribution in [3.63, 3.8) is 0 Å². The summed E-state index contributed by atoms with van der Waals surface area (Å²) in [5.74, 6) is 1.74. The summed E-state index contributed by atoms with van der Waals surface area (Å²) in [4.78, 5) is 15.6. The molecule has 4 aliphatic rings. The SMILES string of the molecule is CC1CC(NC(=O)c2nnc3n(Cc4ccc(Cl)cc4)c(N4CCCCCC4)ccc2-3)CCN1. The van der Waals surface area contributed by atoms with Crippen LogP contribution in [0.4, 0.5) is 5.82 Å². The molecule has 2 saturated heterocycles. The fourth-order valence-corrected chi connectivity index (χ4v) is 5.33. The molecular weight excluding hydrogens is 448 g/mol. The van der Waals surface area contributed by atoms with Crippen LogP contribution in [0.15, 0.2) is 36.4 Å². The van der Waals surface area contributed by atoms with Crippen molar-refractivity contribution in [2.24, 2.45) is 0 Å². The van der Waals surface area contributed by atoms with Gasteiger partial charge in [-0.05, 0) is 69.0 Å². The van der Waals surface area contributed by atoms with Crippen LogP contribution in [0, 0.1) is 0 Å². The molecule has 2 atom stereocenters. The predicted molar refractivity (Wildman–Crippen MR) is 136 cm³/mol. The Bertz CT molecular complexity index is 1090. The van der Waals surface area contributed by atoms with E-state index in [-0.39, 0.29) is 11.9 Å². The maximum Gasteiger partial charge on any atom is 0.272 e. The van der Waals surface area contributed by atoms with Gasteiger partial charge in [-0.2, -0.15) is 0 Å². The van der Waals surface area contributed by atoms with Crippen molar-refractivity contribution >= 4 is 23.3 Å². The highest BCUT2D eigenvalue weighted by molar-refractivity contribution is 6.30. The second kappa shape index (κ2) is 10.3. The zero-order valence-corrected chi connectivity index (χ0v) is 20.5. The first-order valence-electron chi connectivity index (χ1n) is 12.5. The number of nitrogens with one attached hydrogen (secondary N) is 2. The van der Waals surface area contributed by atoms with Gasteiger partial charge in [-0.15, -0.1) is 10.2 Å². The number of benzene rings is 1. The molecule has 0 aliphatic carbocycles. The van der Waals surface area contributed by atoms with Gasteiger partial charge < -0.3 is 20.1 Å². The number of anilines is 1. The Kier molecular flexibility index (Phi) is 7.02. The van der Waals surface area contributed by atoms with Crippen LogP contribution in [0.25, 0.3) is 11.4 Å². The van der Waals surface area contributed by atoms with Gasteiger partial charge >= 0.3 is 0 Å². The topological polar surface area (TPSA) is 75.1 Å². The molecule has 34 heavy (non-hydrogen) atoms. The number of amides is 1.